The van der Waals surface area contributed by atoms with Crippen LogP contribution in [0.1, 0.15) is 40.5 Å². The van der Waals surface area contributed by atoms with Gasteiger partial charge in [-0.05, 0) is 32.2 Å². The first kappa shape index (κ1) is 9.96. The lowest BCUT2D eigenvalue weighted by Gasteiger charge is -2.26. The molecule has 0 spiro atoms. The van der Waals surface area contributed by atoms with Crippen LogP contribution in [0.15, 0.2) is 0 Å². The van der Waals surface area contributed by atoms with Gasteiger partial charge in [0.1, 0.15) is 0 Å². The van der Waals surface area contributed by atoms with Crippen LogP contribution in [0.25, 0.3) is 0 Å². The molecule has 0 aromatic rings. The Bertz CT molecular complexity index is 61.1. The van der Waals surface area contributed by atoms with Gasteiger partial charge in [0.2, 0.25) is 0 Å². The molecule has 2 atom stereocenters. The molecule has 1 saturated heterocycles. The number of piperidine rings is 1. The van der Waals surface area contributed by atoms with E-state index in [1.807, 2.05) is 13.8 Å². The smallest absolute Gasteiger partial charge is 0.00643 e. The average Bonchev–Trinajstić information content (AvgIpc) is 2.00. The van der Waals surface area contributed by atoms with Crippen molar-refractivity contribution in [2.24, 2.45) is 5.92 Å². The largest absolute Gasteiger partial charge is 0.314 e. The lowest BCUT2D eigenvalue weighted by Crippen LogP contribution is -2.37. The third-order valence-corrected chi connectivity index (χ3v) is 2.16. The first-order valence-electron chi connectivity index (χ1n) is 4.54. The van der Waals surface area contributed by atoms with Crippen LogP contribution in [-0.2, 0) is 0 Å². The number of rotatable bonds is 0. The normalized spacial score (nSPS) is 32.4. The molecular weight excluding hydrogens is 122 g/mol. The zero-order valence-corrected chi connectivity index (χ0v) is 7.78. The molecule has 0 aromatic heterocycles. The van der Waals surface area contributed by atoms with E-state index in [0.717, 1.165) is 12.0 Å². The third-order valence-electron chi connectivity index (χ3n) is 2.16. The molecule has 1 heterocycles. The van der Waals surface area contributed by atoms with Crippen LogP contribution in [0.5, 0.6) is 0 Å². The quantitative estimate of drug-likeness (QED) is 0.549. The highest BCUT2D eigenvalue weighted by Crippen LogP contribution is 2.13. The maximum atomic E-state index is 3.43. The highest BCUT2D eigenvalue weighted by atomic mass is 14.9. The van der Waals surface area contributed by atoms with Gasteiger partial charge >= 0.3 is 0 Å². The van der Waals surface area contributed by atoms with Crippen LogP contribution >= 0.6 is 0 Å². The van der Waals surface area contributed by atoms with Gasteiger partial charge in [0.05, 0.1) is 0 Å². The zero-order chi connectivity index (χ0) is 7.98. The summed E-state index contributed by atoms with van der Waals surface area (Å²) in [6.07, 6.45) is 2.78. The molecule has 1 rings (SSSR count). The van der Waals surface area contributed by atoms with Crippen LogP contribution < -0.4 is 5.32 Å². The summed E-state index contributed by atoms with van der Waals surface area (Å²) in [6, 6.07) is 0.753. The molecule has 10 heavy (non-hydrogen) atoms. The highest BCUT2D eigenvalue weighted by Gasteiger charge is 2.14. The van der Waals surface area contributed by atoms with E-state index in [4.69, 9.17) is 0 Å². The van der Waals surface area contributed by atoms with Gasteiger partial charge in [0.25, 0.3) is 0 Å². The summed E-state index contributed by atoms with van der Waals surface area (Å²) in [7, 11) is 0. The van der Waals surface area contributed by atoms with E-state index in [0.29, 0.717) is 0 Å². The predicted octanol–water partition coefficient (Wildman–Crippen LogP) is 2.42. The van der Waals surface area contributed by atoms with E-state index >= 15 is 0 Å². The first-order valence-corrected chi connectivity index (χ1v) is 4.54. The second-order valence-corrected chi connectivity index (χ2v) is 2.86. The summed E-state index contributed by atoms with van der Waals surface area (Å²) in [4.78, 5) is 0. The number of hydrogen-bond donors (Lipinski definition) is 1. The Morgan fingerprint density at radius 3 is 2.10 bits per heavy atom. The van der Waals surface area contributed by atoms with Gasteiger partial charge < -0.3 is 5.32 Å². The minimum Gasteiger partial charge on any atom is -0.314 e. The van der Waals surface area contributed by atoms with E-state index < -0.39 is 0 Å². The van der Waals surface area contributed by atoms with Gasteiger partial charge in [-0.1, -0.05) is 20.8 Å². The molecule has 1 nitrogen and oxygen atoms in total. The fourth-order valence-electron chi connectivity index (χ4n) is 1.20. The third kappa shape index (κ3) is 3.21. The Kier molecular flexibility index (Phi) is 5.70. The molecule has 1 aliphatic heterocycles. The van der Waals surface area contributed by atoms with E-state index in [9.17, 15) is 0 Å². The van der Waals surface area contributed by atoms with Crippen molar-refractivity contribution in [3.8, 4) is 0 Å². The van der Waals surface area contributed by atoms with Gasteiger partial charge in [-0.3, -0.25) is 0 Å². The van der Waals surface area contributed by atoms with Crippen molar-refractivity contribution in [1.29, 1.82) is 0 Å². The Hall–Kier alpha value is -0.0400. The molecule has 0 saturated carbocycles. The molecule has 1 fully saturated rings. The maximum Gasteiger partial charge on any atom is 0.00643 e. The van der Waals surface area contributed by atoms with Crippen molar-refractivity contribution >= 4 is 0 Å². The van der Waals surface area contributed by atoms with E-state index in [1.165, 1.54) is 19.4 Å². The average molecular weight is 143 g/mol. The molecule has 0 unspecified atom stereocenters. The molecule has 0 amide bonds. The van der Waals surface area contributed by atoms with Crippen molar-refractivity contribution in [3.05, 3.63) is 0 Å². The summed E-state index contributed by atoms with van der Waals surface area (Å²) in [5.74, 6) is 0.892. The topological polar surface area (TPSA) is 12.0 Å². The Balaban J connectivity index is 0.000000371. The lowest BCUT2D eigenvalue weighted by atomic mass is 9.94. The van der Waals surface area contributed by atoms with Crippen molar-refractivity contribution in [3.63, 3.8) is 0 Å². The number of hydrogen-bond acceptors (Lipinski definition) is 1. The van der Waals surface area contributed by atoms with E-state index in [1.54, 1.807) is 0 Å². The van der Waals surface area contributed by atoms with Crippen molar-refractivity contribution < 1.29 is 0 Å². The molecule has 0 aliphatic carbocycles. The summed E-state index contributed by atoms with van der Waals surface area (Å²) in [6.45, 7) is 9.81. The SMILES string of the molecule is CC.C[C@@H]1CCCN[C@H]1C. The Labute approximate surface area is 65.2 Å². The molecule has 1 heteroatoms. The molecule has 0 radical (unpaired) electrons. The van der Waals surface area contributed by atoms with E-state index in [-0.39, 0.29) is 0 Å². The standard InChI is InChI=1S/C7H15N.C2H6/c1-6-4-3-5-8-7(6)2;1-2/h6-8H,3-5H2,1-2H3;1-2H3/t6-,7+;/m1./s1. The Morgan fingerprint density at radius 2 is 1.80 bits per heavy atom. The minimum atomic E-state index is 0.753. The Morgan fingerprint density at radius 1 is 1.20 bits per heavy atom. The molecule has 0 aromatic carbocycles. The maximum absolute atomic E-state index is 3.43. The lowest BCUT2D eigenvalue weighted by molar-refractivity contribution is 0.319. The second-order valence-electron chi connectivity index (χ2n) is 2.86. The van der Waals surface area contributed by atoms with Gasteiger partial charge in [0.15, 0.2) is 0 Å². The van der Waals surface area contributed by atoms with Gasteiger partial charge in [-0.15, -0.1) is 0 Å². The monoisotopic (exact) mass is 143 g/mol. The second kappa shape index (κ2) is 5.72. The molecule has 62 valence electrons. The summed E-state index contributed by atoms with van der Waals surface area (Å²) < 4.78 is 0. The zero-order valence-electron chi connectivity index (χ0n) is 7.78. The fourth-order valence-corrected chi connectivity index (χ4v) is 1.20. The summed E-state index contributed by atoms with van der Waals surface area (Å²) in [5, 5.41) is 3.43. The minimum absolute atomic E-state index is 0.753. The van der Waals surface area contributed by atoms with Gasteiger partial charge in [-0.25, -0.2) is 0 Å². The highest BCUT2D eigenvalue weighted by molar-refractivity contribution is 4.73. The van der Waals surface area contributed by atoms with Crippen LogP contribution in [0.3, 0.4) is 0 Å². The number of nitrogens with one attached hydrogen (secondary N) is 1. The predicted molar refractivity (Wildman–Crippen MR) is 47.2 cm³/mol. The van der Waals surface area contributed by atoms with Crippen LogP contribution in [0.4, 0.5) is 0 Å². The first-order chi connectivity index (χ1) is 4.80. The van der Waals surface area contributed by atoms with Gasteiger partial charge in [0, 0.05) is 6.04 Å². The summed E-state index contributed by atoms with van der Waals surface area (Å²) in [5.41, 5.74) is 0. The van der Waals surface area contributed by atoms with E-state index in [2.05, 4.69) is 19.2 Å². The van der Waals surface area contributed by atoms with Crippen LogP contribution in [-0.4, -0.2) is 12.6 Å². The molecular formula is C9H21N. The molecule has 0 bridgehead atoms. The van der Waals surface area contributed by atoms with Gasteiger partial charge in [-0.2, -0.15) is 0 Å². The fraction of sp³-hybridized carbons (Fsp3) is 1.00. The van der Waals surface area contributed by atoms with Crippen molar-refractivity contribution in [2.45, 2.75) is 46.6 Å². The van der Waals surface area contributed by atoms with Crippen LogP contribution in [0, 0.1) is 5.92 Å². The molecule has 1 N–H and O–H groups in total. The summed E-state index contributed by atoms with van der Waals surface area (Å²) >= 11 is 0. The van der Waals surface area contributed by atoms with Crippen molar-refractivity contribution in [1.82, 2.24) is 5.32 Å². The molecule has 1 aliphatic rings. The van der Waals surface area contributed by atoms with Crippen molar-refractivity contribution in [2.75, 3.05) is 6.54 Å². The van der Waals surface area contributed by atoms with Crippen LogP contribution in [0.2, 0.25) is 0 Å².